The van der Waals surface area contributed by atoms with Gasteiger partial charge in [0.05, 0.1) is 24.5 Å². The van der Waals surface area contributed by atoms with Crippen molar-refractivity contribution in [1.82, 2.24) is 5.32 Å². The molecule has 0 spiro atoms. The first-order chi connectivity index (χ1) is 13.4. The SMILES string of the molecule is CC[NH+]1CCC[C@@H]1CNC(=O)c1ccc(S(=O)(=O)Nc2ccc(Cl)cc2)cc1. The number of hydrogen-bond acceptors (Lipinski definition) is 3. The highest BCUT2D eigenvalue weighted by molar-refractivity contribution is 7.92. The Bertz CT molecular complexity index is 915. The molecule has 1 fully saturated rings. The van der Waals surface area contributed by atoms with Crippen LogP contribution in [0.3, 0.4) is 0 Å². The van der Waals surface area contributed by atoms with E-state index >= 15 is 0 Å². The molecule has 1 heterocycles. The second kappa shape index (κ2) is 8.94. The van der Waals surface area contributed by atoms with E-state index in [4.69, 9.17) is 11.6 Å². The van der Waals surface area contributed by atoms with Gasteiger partial charge < -0.3 is 10.2 Å². The molecule has 28 heavy (non-hydrogen) atoms. The maximum Gasteiger partial charge on any atom is 0.261 e. The van der Waals surface area contributed by atoms with E-state index in [1.807, 2.05) is 0 Å². The van der Waals surface area contributed by atoms with Gasteiger partial charge in [0.2, 0.25) is 0 Å². The van der Waals surface area contributed by atoms with Crippen LogP contribution in [0.15, 0.2) is 53.4 Å². The van der Waals surface area contributed by atoms with Crippen molar-refractivity contribution in [2.24, 2.45) is 0 Å². The molecular formula is C20H25ClN3O3S+. The molecule has 2 atom stereocenters. The average Bonchev–Trinajstić information content (AvgIpc) is 3.15. The lowest BCUT2D eigenvalue weighted by atomic mass is 10.2. The molecule has 150 valence electrons. The van der Waals surface area contributed by atoms with Crippen LogP contribution >= 0.6 is 11.6 Å². The van der Waals surface area contributed by atoms with E-state index in [1.165, 1.54) is 35.6 Å². The highest BCUT2D eigenvalue weighted by Crippen LogP contribution is 2.18. The number of carbonyl (C=O) groups excluding carboxylic acids is 1. The van der Waals surface area contributed by atoms with Gasteiger partial charge in [-0.2, -0.15) is 0 Å². The van der Waals surface area contributed by atoms with E-state index in [0.29, 0.717) is 28.9 Å². The molecule has 3 rings (SSSR count). The number of hydrogen-bond donors (Lipinski definition) is 3. The molecule has 0 bridgehead atoms. The number of sulfonamides is 1. The van der Waals surface area contributed by atoms with Crippen molar-refractivity contribution in [2.45, 2.75) is 30.7 Å². The Labute approximate surface area is 170 Å². The fourth-order valence-corrected chi connectivity index (χ4v) is 4.72. The summed E-state index contributed by atoms with van der Waals surface area (Å²) in [4.78, 5) is 14.0. The molecule has 6 nitrogen and oxygen atoms in total. The molecule has 3 N–H and O–H groups in total. The predicted octanol–water partition coefficient (Wildman–Crippen LogP) is 1.94. The van der Waals surface area contributed by atoms with Crippen LogP contribution < -0.4 is 14.9 Å². The molecule has 2 aromatic carbocycles. The first-order valence-corrected chi connectivity index (χ1v) is 11.3. The van der Waals surface area contributed by atoms with Crippen molar-refractivity contribution in [3.63, 3.8) is 0 Å². The summed E-state index contributed by atoms with van der Waals surface area (Å²) < 4.78 is 27.5. The van der Waals surface area contributed by atoms with Crippen molar-refractivity contribution in [3.8, 4) is 0 Å². The molecule has 1 unspecified atom stereocenters. The molecule has 0 saturated carbocycles. The Balaban J connectivity index is 1.62. The van der Waals surface area contributed by atoms with Gasteiger partial charge in [0.25, 0.3) is 15.9 Å². The molecule has 0 radical (unpaired) electrons. The molecular weight excluding hydrogens is 398 g/mol. The quantitative estimate of drug-likeness (QED) is 0.638. The molecule has 8 heteroatoms. The lowest BCUT2D eigenvalue weighted by Gasteiger charge is -2.20. The van der Waals surface area contributed by atoms with Gasteiger partial charge in [0, 0.05) is 29.1 Å². The van der Waals surface area contributed by atoms with Gasteiger partial charge >= 0.3 is 0 Å². The van der Waals surface area contributed by atoms with Crippen molar-refractivity contribution in [2.75, 3.05) is 24.4 Å². The smallest absolute Gasteiger partial charge is 0.261 e. The number of carbonyl (C=O) groups is 1. The summed E-state index contributed by atoms with van der Waals surface area (Å²) >= 11 is 5.81. The first kappa shape index (κ1) is 20.6. The normalized spacial score (nSPS) is 19.4. The summed E-state index contributed by atoms with van der Waals surface area (Å²) in [6.45, 7) is 5.02. The highest BCUT2D eigenvalue weighted by Gasteiger charge is 2.27. The van der Waals surface area contributed by atoms with Gasteiger partial charge in [-0.3, -0.25) is 9.52 Å². The number of likely N-dealkylation sites (tertiary alicyclic amines) is 1. The summed E-state index contributed by atoms with van der Waals surface area (Å²) in [5, 5.41) is 3.50. The summed E-state index contributed by atoms with van der Waals surface area (Å²) in [5.41, 5.74) is 0.868. The van der Waals surface area contributed by atoms with E-state index in [2.05, 4.69) is 17.0 Å². The van der Waals surface area contributed by atoms with Gasteiger partial charge in [0.1, 0.15) is 6.04 Å². The monoisotopic (exact) mass is 422 g/mol. The van der Waals surface area contributed by atoms with E-state index < -0.39 is 10.0 Å². The molecule has 1 saturated heterocycles. The Hall–Kier alpha value is -2.09. The van der Waals surface area contributed by atoms with Crippen molar-refractivity contribution < 1.29 is 18.1 Å². The van der Waals surface area contributed by atoms with Gasteiger partial charge in [0.15, 0.2) is 0 Å². The van der Waals surface area contributed by atoms with Crippen LogP contribution in [0.5, 0.6) is 0 Å². The predicted molar refractivity (Wildman–Crippen MR) is 110 cm³/mol. The van der Waals surface area contributed by atoms with Crippen molar-refractivity contribution >= 4 is 33.2 Å². The third kappa shape index (κ3) is 5.04. The maximum atomic E-state index is 12.5. The minimum atomic E-state index is -3.73. The van der Waals surface area contributed by atoms with Crippen LogP contribution in [0.25, 0.3) is 0 Å². The number of halogens is 1. The molecule has 2 aromatic rings. The number of likely N-dealkylation sites (N-methyl/N-ethyl adjacent to an activating group) is 1. The van der Waals surface area contributed by atoms with E-state index in [-0.39, 0.29) is 10.8 Å². The van der Waals surface area contributed by atoms with Crippen LogP contribution in [0, 0.1) is 0 Å². The lowest BCUT2D eigenvalue weighted by molar-refractivity contribution is -0.909. The molecule has 0 aromatic heterocycles. The van der Waals surface area contributed by atoms with Crippen LogP contribution in [-0.4, -0.2) is 40.0 Å². The summed E-state index contributed by atoms with van der Waals surface area (Å²) in [7, 11) is -3.73. The number of anilines is 1. The standard InChI is InChI=1S/C20H24ClN3O3S/c1-2-24-13-3-4-18(24)14-22-20(25)15-5-11-19(12-6-15)28(26,27)23-17-9-7-16(21)8-10-17/h5-12,18,23H,2-4,13-14H2,1H3,(H,22,25)/p+1/t18-/m1/s1. The summed E-state index contributed by atoms with van der Waals surface area (Å²) in [5.74, 6) is -0.183. The van der Waals surface area contributed by atoms with Crippen LogP contribution in [0.2, 0.25) is 5.02 Å². The minimum Gasteiger partial charge on any atom is -0.346 e. The largest absolute Gasteiger partial charge is 0.346 e. The zero-order valence-corrected chi connectivity index (χ0v) is 17.3. The third-order valence-electron chi connectivity index (χ3n) is 5.11. The van der Waals surface area contributed by atoms with Gasteiger partial charge in [-0.15, -0.1) is 0 Å². The lowest BCUT2D eigenvalue weighted by Crippen LogP contribution is -3.14. The van der Waals surface area contributed by atoms with Crippen LogP contribution in [0.4, 0.5) is 5.69 Å². The van der Waals surface area contributed by atoms with E-state index in [1.54, 1.807) is 24.3 Å². The Morgan fingerprint density at radius 3 is 2.46 bits per heavy atom. The van der Waals surface area contributed by atoms with Gasteiger partial charge in [-0.1, -0.05) is 11.6 Å². The number of benzene rings is 2. The maximum absolute atomic E-state index is 12.5. The average molecular weight is 423 g/mol. The zero-order chi connectivity index (χ0) is 20.1. The molecule has 1 aliphatic rings. The molecule has 1 amide bonds. The second-order valence-electron chi connectivity index (χ2n) is 6.95. The zero-order valence-electron chi connectivity index (χ0n) is 15.7. The Morgan fingerprint density at radius 1 is 1.14 bits per heavy atom. The van der Waals surface area contributed by atoms with Crippen LogP contribution in [0.1, 0.15) is 30.1 Å². The van der Waals surface area contributed by atoms with Crippen molar-refractivity contribution in [3.05, 3.63) is 59.1 Å². The fraction of sp³-hybridized carbons (Fsp3) is 0.350. The number of rotatable bonds is 7. The molecule has 0 aliphatic carbocycles. The molecule has 1 aliphatic heterocycles. The Kier molecular flexibility index (Phi) is 6.59. The van der Waals surface area contributed by atoms with Crippen LogP contribution in [-0.2, 0) is 10.0 Å². The third-order valence-corrected chi connectivity index (χ3v) is 6.76. The topological polar surface area (TPSA) is 79.7 Å². The van der Waals surface area contributed by atoms with E-state index in [9.17, 15) is 13.2 Å². The van der Waals surface area contributed by atoms with Gasteiger partial charge in [-0.25, -0.2) is 8.42 Å². The highest BCUT2D eigenvalue weighted by atomic mass is 35.5. The number of quaternary nitrogens is 1. The van der Waals surface area contributed by atoms with Gasteiger partial charge in [-0.05, 0) is 55.5 Å². The second-order valence-corrected chi connectivity index (χ2v) is 9.07. The summed E-state index contributed by atoms with van der Waals surface area (Å²) in [6, 6.07) is 12.8. The summed E-state index contributed by atoms with van der Waals surface area (Å²) in [6.07, 6.45) is 2.31. The fourth-order valence-electron chi connectivity index (χ4n) is 3.53. The Morgan fingerprint density at radius 2 is 1.82 bits per heavy atom. The van der Waals surface area contributed by atoms with E-state index in [0.717, 1.165) is 19.5 Å². The minimum absolute atomic E-state index is 0.0939. The first-order valence-electron chi connectivity index (χ1n) is 9.40. The number of amides is 1. The number of nitrogens with one attached hydrogen (secondary N) is 3. The van der Waals surface area contributed by atoms with Crippen molar-refractivity contribution in [1.29, 1.82) is 0 Å².